The van der Waals surface area contributed by atoms with Gasteiger partial charge in [0.05, 0.1) is 13.5 Å². The molecule has 0 fully saturated rings. The second-order valence-corrected chi connectivity index (χ2v) is 4.81. The third kappa shape index (κ3) is 5.78. The maximum absolute atomic E-state index is 11.2. The molecule has 0 aliphatic heterocycles. The van der Waals surface area contributed by atoms with Crippen LogP contribution in [-0.4, -0.2) is 36.6 Å². The zero-order valence-electron chi connectivity index (χ0n) is 10.9. The summed E-state index contributed by atoms with van der Waals surface area (Å²) in [6.07, 6.45) is 0.474. The van der Waals surface area contributed by atoms with Gasteiger partial charge in [-0.1, -0.05) is 13.8 Å². The Morgan fingerprint density at radius 3 is 2.07 bits per heavy atom. The molecule has 0 amide bonds. The molecule has 0 aliphatic rings. The van der Waals surface area contributed by atoms with Crippen LogP contribution in [0.15, 0.2) is 0 Å². The molecule has 0 heterocycles. The number of hydrogen-bond donors (Lipinski definition) is 0. The number of rotatable bonds is 6. The Morgan fingerprint density at radius 2 is 1.73 bits per heavy atom. The van der Waals surface area contributed by atoms with Crippen LogP contribution in [0, 0.1) is 5.92 Å². The summed E-state index contributed by atoms with van der Waals surface area (Å²) < 4.78 is 4.69. The summed E-state index contributed by atoms with van der Waals surface area (Å²) in [6, 6.07) is 0.715. The second kappa shape index (κ2) is 6.83. The van der Waals surface area contributed by atoms with Crippen molar-refractivity contribution in [2.24, 2.45) is 5.92 Å². The van der Waals surface area contributed by atoms with E-state index < -0.39 is 0 Å². The van der Waals surface area contributed by atoms with Crippen LogP contribution in [0.3, 0.4) is 0 Å². The van der Waals surface area contributed by atoms with Gasteiger partial charge in [0.25, 0.3) is 0 Å². The van der Waals surface area contributed by atoms with Crippen molar-refractivity contribution in [3.05, 3.63) is 0 Å². The molecule has 0 aromatic rings. The molecule has 0 radical (unpaired) electrons. The largest absolute Gasteiger partial charge is 0.469 e. The summed E-state index contributed by atoms with van der Waals surface area (Å²) in [4.78, 5) is 13.5. The quantitative estimate of drug-likeness (QED) is 0.637. The highest BCUT2D eigenvalue weighted by Gasteiger charge is 2.20. The van der Waals surface area contributed by atoms with Gasteiger partial charge in [-0.15, -0.1) is 0 Å². The first kappa shape index (κ1) is 14.4. The molecule has 3 nitrogen and oxygen atoms in total. The molecule has 0 saturated carbocycles. The number of esters is 1. The average molecular weight is 215 g/mol. The SMILES string of the molecule is COC(=O)CC(C)N(CC(C)C)C(C)C. The Balaban J connectivity index is 4.28. The van der Waals surface area contributed by atoms with Gasteiger partial charge in [-0.25, -0.2) is 0 Å². The van der Waals surface area contributed by atoms with E-state index in [-0.39, 0.29) is 12.0 Å². The van der Waals surface area contributed by atoms with E-state index in [1.807, 2.05) is 0 Å². The zero-order chi connectivity index (χ0) is 12.0. The highest BCUT2D eigenvalue weighted by molar-refractivity contribution is 5.69. The fourth-order valence-corrected chi connectivity index (χ4v) is 1.76. The van der Waals surface area contributed by atoms with Gasteiger partial charge in [0.15, 0.2) is 0 Å². The fraction of sp³-hybridized carbons (Fsp3) is 0.917. The summed E-state index contributed by atoms with van der Waals surface area (Å²) in [5, 5.41) is 0. The lowest BCUT2D eigenvalue weighted by atomic mass is 10.1. The third-order valence-corrected chi connectivity index (χ3v) is 2.50. The van der Waals surface area contributed by atoms with Crippen molar-refractivity contribution >= 4 is 5.97 Å². The van der Waals surface area contributed by atoms with Crippen LogP contribution >= 0.6 is 0 Å². The minimum atomic E-state index is -0.128. The number of carbonyl (C=O) groups is 1. The lowest BCUT2D eigenvalue weighted by Crippen LogP contribution is -2.42. The van der Waals surface area contributed by atoms with E-state index in [1.165, 1.54) is 7.11 Å². The van der Waals surface area contributed by atoms with Crippen molar-refractivity contribution < 1.29 is 9.53 Å². The molecule has 1 unspecified atom stereocenters. The Labute approximate surface area is 93.8 Å². The standard InChI is InChI=1S/C12H25NO2/c1-9(2)8-13(10(3)4)11(5)7-12(14)15-6/h9-11H,7-8H2,1-6H3. The van der Waals surface area contributed by atoms with Crippen molar-refractivity contribution in [1.29, 1.82) is 0 Å². The van der Waals surface area contributed by atoms with Gasteiger partial charge in [-0.05, 0) is 26.7 Å². The molecule has 0 aromatic heterocycles. The van der Waals surface area contributed by atoms with Crippen molar-refractivity contribution in [3.8, 4) is 0 Å². The molecular formula is C12H25NO2. The van der Waals surface area contributed by atoms with Crippen LogP contribution in [0.25, 0.3) is 0 Å². The van der Waals surface area contributed by atoms with Gasteiger partial charge >= 0.3 is 5.97 Å². The van der Waals surface area contributed by atoms with E-state index in [4.69, 9.17) is 4.74 Å². The molecule has 3 heteroatoms. The Hall–Kier alpha value is -0.570. The summed E-state index contributed by atoms with van der Waals surface area (Å²) >= 11 is 0. The Bertz CT molecular complexity index is 190. The molecular weight excluding hydrogens is 190 g/mol. The smallest absolute Gasteiger partial charge is 0.307 e. The predicted molar refractivity (Wildman–Crippen MR) is 62.8 cm³/mol. The summed E-state index contributed by atoms with van der Waals surface area (Å²) in [7, 11) is 1.44. The van der Waals surface area contributed by atoms with Crippen molar-refractivity contribution in [3.63, 3.8) is 0 Å². The van der Waals surface area contributed by atoms with Crippen LogP contribution < -0.4 is 0 Å². The number of ether oxygens (including phenoxy) is 1. The van der Waals surface area contributed by atoms with E-state index in [9.17, 15) is 4.79 Å². The molecule has 90 valence electrons. The molecule has 0 rings (SSSR count). The van der Waals surface area contributed by atoms with E-state index in [1.54, 1.807) is 0 Å². The van der Waals surface area contributed by atoms with Crippen molar-refractivity contribution in [2.75, 3.05) is 13.7 Å². The number of carbonyl (C=O) groups excluding carboxylic acids is 1. The first-order valence-electron chi connectivity index (χ1n) is 5.71. The van der Waals surface area contributed by atoms with Gasteiger partial charge in [0.2, 0.25) is 0 Å². The number of nitrogens with zero attached hydrogens (tertiary/aromatic N) is 1. The van der Waals surface area contributed by atoms with Crippen LogP contribution in [0.4, 0.5) is 0 Å². The van der Waals surface area contributed by atoms with Gasteiger partial charge in [-0.2, -0.15) is 0 Å². The Morgan fingerprint density at radius 1 is 1.20 bits per heavy atom. The van der Waals surface area contributed by atoms with E-state index in [0.717, 1.165) is 6.54 Å². The van der Waals surface area contributed by atoms with Crippen LogP contribution in [-0.2, 0) is 9.53 Å². The molecule has 0 spiro atoms. The van der Waals surface area contributed by atoms with Gasteiger partial charge < -0.3 is 4.74 Å². The maximum Gasteiger partial charge on any atom is 0.307 e. The minimum absolute atomic E-state index is 0.128. The van der Waals surface area contributed by atoms with E-state index >= 15 is 0 Å². The highest BCUT2D eigenvalue weighted by atomic mass is 16.5. The third-order valence-electron chi connectivity index (χ3n) is 2.50. The first-order chi connectivity index (χ1) is 6.88. The highest BCUT2D eigenvalue weighted by Crippen LogP contribution is 2.12. The van der Waals surface area contributed by atoms with Gasteiger partial charge in [-0.3, -0.25) is 9.69 Å². The summed E-state index contributed by atoms with van der Waals surface area (Å²) in [6.45, 7) is 11.8. The maximum atomic E-state index is 11.2. The molecule has 0 N–H and O–H groups in total. The van der Waals surface area contributed by atoms with Crippen molar-refractivity contribution in [1.82, 2.24) is 4.90 Å². The van der Waals surface area contributed by atoms with Crippen LogP contribution in [0.5, 0.6) is 0 Å². The lowest BCUT2D eigenvalue weighted by Gasteiger charge is -2.33. The van der Waals surface area contributed by atoms with Gasteiger partial charge in [0.1, 0.15) is 0 Å². The Kier molecular flexibility index (Phi) is 6.57. The normalized spacial score (nSPS) is 13.7. The molecule has 0 bridgehead atoms. The lowest BCUT2D eigenvalue weighted by molar-refractivity contribution is -0.142. The number of methoxy groups -OCH3 is 1. The second-order valence-electron chi connectivity index (χ2n) is 4.81. The van der Waals surface area contributed by atoms with Crippen LogP contribution in [0.1, 0.15) is 41.0 Å². The molecule has 1 atom stereocenters. The molecule has 0 saturated heterocycles. The predicted octanol–water partition coefficient (Wildman–Crippen LogP) is 2.30. The monoisotopic (exact) mass is 215 g/mol. The van der Waals surface area contributed by atoms with Crippen LogP contribution in [0.2, 0.25) is 0 Å². The van der Waals surface area contributed by atoms with E-state index in [2.05, 4.69) is 39.5 Å². The molecule has 15 heavy (non-hydrogen) atoms. The molecule has 0 aromatic carbocycles. The topological polar surface area (TPSA) is 29.5 Å². The molecule has 0 aliphatic carbocycles. The minimum Gasteiger partial charge on any atom is -0.469 e. The fourth-order valence-electron chi connectivity index (χ4n) is 1.76. The van der Waals surface area contributed by atoms with Crippen molar-refractivity contribution in [2.45, 2.75) is 53.1 Å². The summed E-state index contributed by atoms with van der Waals surface area (Å²) in [5.41, 5.74) is 0. The van der Waals surface area contributed by atoms with E-state index in [0.29, 0.717) is 18.4 Å². The first-order valence-corrected chi connectivity index (χ1v) is 5.71. The average Bonchev–Trinajstić information content (AvgIpc) is 2.12. The summed E-state index contributed by atoms with van der Waals surface area (Å²) in [5.74, 6) is 0.490. The zero-order valence-corrected chi connectivity index (χ0v) is 10.9. The number of hydrogen-bond acceptors (Lipinski definition) is 3. The van der Waals surface area contributed by atoms with Gasteiger partial charge in [0, 0.05) is 18.6 Å².